The molecule has 1 unspecified atom stereocenters. The molecule has 1 N–H and O–H groups in total. The molecule has 0 aromatic carbocycles. The lowest BCUT2D eigenvalue weighted by Crippen LogP contribution is -1.97. The first-order chi connectivity index (χ1) is 6.15. The highest BCUT2D eigenvalue weighted by Crippen LogP contribution is 2.18. The molecule has 0 saturated carbocycles. The Morgan fingerprint density at radius 3 is 2.92 bits per heavy atom. The van der Waals surface area contributed by atoms with Gasteiger partial charge in [-0.05, 0) is 0 Å². The molecule has 6 heteroatoms. The van der Waals surface area contributed by atoms with Crippen molar-refractivity contribution in [1.29, 1.82) is 5.26 Å². The van der Waals surface area contributed by atoms with Gasteiger partial charge in [0.25, 0.3) is 0 Å². The molecule has 1 atom stereocenters. The van der Waals surface area contributed by atoms with Gasteiger partial charge in [-0.15, -0.1) is 0 Å². The van der Waals surface area contributed by atoms with Crippen molar-refractivity contribution in [3.63, 3.8) is 0 Å². The van der Waals surface area contributed by atoms with Gasteiger partial charge in [0.1, 0.15) is 6.07 Å². The minimum absolute atomic E-state index is 0.129. The molecule has 0 fully saturated rings. The number of hydrogen-bond donors (Lipinski definition) is 1. The average molecular weight is 217 g/mol. The van der Waals surface area contributed by atoms with Gasteiger partial charge in [0, 0.05) is 18.0 Å². The normalized spacial score (nSPS) is 12.1. The maximum atomic E-state index is 10.5. The van der Waals surface area contributed by atoms with Crippen molar-refractivity contribution < 1.29 is 8.76 Å². The van der Waals surface area contributed by atoms with Crippen LogP contribution in [0.15, 0.2) is 12.4 Å². The fraction of sp³-hybridized carbons (Fsp3) is 0.143. The summed E-state index contributed by atoms with van der Waals surface area (Å²) < 4.78 is 19.1. The van der Waals surface area contributed by atoms with Crippen LogP contribution in [0.1, 0.15) is 11.1 Å². The van der Waals surface area contributed by atoms with E-state index in [1.165, 1.54) is 12.4 Å². The Hall–Kier alpha value is -0.960. The first kappa shape index (κ1) is 10.1. The fourth-order valence-electron chi connectivity index (χ4n) is 0.843. The van der Waals surface area contributed by atoms with Crippen LogP contribution in [0.3, 0.4) is 0 Å². The van der Waals surface area contributed by atoms with E-state index in [9.17, 15) is 4.21 Å². The van der Waals surface area contributed by atoms with Crippen LogP contribution in [0, 0.1) is 11.3 Å². The highest BCUT2D eigenvalue weighted by atomic mass is 35.5. The zero-order valence-electron chi connectivity index (χ0n) is 6.40. The molecule has 0 spiro atoms. The number of halogens is 1. The number of nitrogens with zero attached hydrogens (tertiary/aromatic N) is 2. The second-order valence-electron chi connectivity index (χ2n) is 2.23. The molecule has 0 amide bonds. The zero-order chi connectivity index (χ0) is 9.84. The summed E-state index contributed by atoms with van der Waals surface area (Å²) in [4.78, 5) is 3.72. The summed E-state index contributed by atoms with van der Waals surface area (Å²) in [6, 6.07) is 1.85. The van der Waals surface area contributed by atoms with Gasteiger partial charge in [0.15, 0.2) is 11.1 Å². The zero-order valence-corrected chi connectivity index (χ0v) is 7.97. The first-order valence-electron chi connectivity index (χ1n) is 3.25. The van der Waals surface area contributed by atoms with Crippen LogP contribution < -0.4 is 0 Å². The smallest absolute Gasteiger partial charge is 0.157 e. The molecule has 1 aromatic rings. The summed E-state index contributed by atoms with van der Waals surface area (Å²) in [5.74, 6) is -0.129. The Bertz CT molecular complexity index is 389. The molecule has 0 radical (unpaired) electrons. The van der Waals surface area contributed by atoms with Gasteiger partial charge in [-0.3, -0.25) is 4.98 Å². The fourth-order valence-corrected chi connectivity index (χ4v) is 1.55. The van der Waals surface area contributed by atoms with Gasteiger partial charge in [-0.1, -0.05) is 11.6 Å². The molecule has 4 nitrogen and oxygen atoms in total. The van der Waals surface area contributed by atoms with Gasteiger partial charge < -0.3 is 4.55 Å². The van der Waals surface area contributed by atoms with Crippen LogP contribution in [0.4, 0.5) is 0 Å². The quantitative estimate of drug-likeness (QED) is 0.757. The summed E-state index contributed by atoms with van der Waals surface area (Å²) in [5.41, 5.74) is 0.593. The monoisotopic (exact) mass is 216 g/mol. The van der Waals surface area contributed by atoms with Crippen LogP contribution in [0.25, 0.3) is 0 Å². The highest BCUT2D eigenvalue weighted by Gasteiger charge is 2.08. The molecule has 1 rings (SSSR count). The number of aromatic nitrogens is 1. The van der Waals surface area contributed by atoms with Crippen molar-refractivity contribution in [2.24, 2.45) is 0 Å². The molecule has 0 aliphatic heterocycles. The molecule has 1 heterocycles. The molecule has 13 heavy (non-hydrogen) atoms. The lowest BCUT2D eigenvalue weighted by molar-refractivity contribution is 0.563. The maximum Gasteiger partial charge on any atom is 0.157 e. The van der Waals surface area contributed by atoms with Crippen molar-refractivity contribution >= 4 is 22.7 Å². The van der Waals surface area contributed by atoms with E-state index in [0.29, 0.717) is 5.56 Å². The van der Waals surface area contributed by atoms with E-state index in [2.05, 4.69) is 4.98 Å². The first-order valence-corrected chi connectivity index (χ1v) is 4.90. The minimum atomic E-state index is -1.99. The molecule has 0 saturated heterocycles. The van der Waals surface area contributed by atoms with E-state index < -0.39 is 11.1 Å². The van der Waals surface area contributed by atoms with Crippen molar-refractivity contribution in [3.8, 4) is 6.07 Å². The van der Waals surface area contributed by atoms with Gasteiger partial charge >= 0.3 is 0 Å². The van der Waals surface area contributed by atoms with Gasteiger partial charge in [-0.2, -0.15) is 5.26 Å². The van der Waals surface area contributed by atoms with E-state index in [4.69, 9.17) is 21.4 Å². The lowest BCUT2D eigenvalue weighted by atomic mass is 10.2. The van der Waals surface area contributed by atoms with Crippen LogP contribution in [0.5, 0.6) is 0 Å². The molecule has 1 aromatic heterocycles. The Morgan fingerprint density at radius 1 is 1.69 bits per heavy atom. The van der Waals surface area contributed by atoms with E-state index in [1.807, 2.05) is 6.07 Å². The minimum Gasteiger partial charge on any atom is -0.306 e. The summed E-state index contributed by atoms with van der Waals surface area (Å²) in [6.07, 6.45) is 2.68. The standard InChI is InChI=1S/C7H5ClN2O2S/c8-7-3-10-2-5(4-13(11)12)6(7)1-9/h2-3H,4H2,(H,11,12). The van der Waals surface area contributed by atoms with E-state index >= 15 is 0 Å². The molecule has 0 bridgehead atoms. The molecule has 0 aliphatic rings. The molecular weight excluding hydrogens is 212 g/mol. The summed E-state index contributed by atoms with van der Waals surface area (Å²) >= 11 is 3.66. The van der Waals surface area contributed by atoms with Crippen LogP contribution in [-0.4, -0.2) is 13.7 Å². The second kappa shape index (κ2) is 4.33. The number of hydrogen-bond acceptors (Lipinski definition) is 3. The van der Waals surface area contributed by atoms with Crippen LogP contribution in [0.2, 0.25) is 5.02 Å². The van der Waals surface area contributed by atoms with Crippen LogP contribution >= 0.6 is 11.6 Å². The summed E-state index contributed by atoms with van der Waals surface area (Å²) in [5, 5.41) is 8.87. The Morgan fingerprint density at radius 2 is 2.38 bits per heavy atom. The highest BCUT2D eigenvalue weighted by molar-refractivity contribution is 7.78. The van der Waals surface area contributed by atoms with Crippen molar-refractivity contribution in [1.82, 2.24) is 4.98 Å². The predicted octanol–water partition coefficient (Wildman–Crippen LogP) is 1.33. The Balaban J connectivity index is 3.14. The predicted molar refractivity (Wildman–Crippen MR) is 48.4 cm³/mol. The third kappa shape index (κ3) is 2.49. The van der Waals surface area contributed by atoms with Gasteiger partial charge in [0.05, 0.1) is 16.3 Å². The maximum absolute atomic E-state index is 10.5. The van der Waals surface area contributed by atoms with E-state index in [0.717, 1.165) is 0 Å². The van der Waals surface area contributed by atoms with Crippen molar-refractivity contribution in [2.75, 3.05) is 0 Å². The summed E-state index contributed by atoms with van der Waals surface area (Å²) in [6.45, 7) is 0. The van der Waals surface area contributed by atoms with Crippen LogP contribution in [-0.2, 0) is 16.8 Å². The van der Waals surface area contributed by atoms with E-state index in [-0.39, 0.29) is 16.3 Å². The number of pyridine rings is 1. The SMILES string of the molecule is N#Cc1c(Cl)cncc1CS(=O)O. The van der Waals surface area contributed by atoms with E-state index in [1.54, 1.807) is 0 Å². The number of rotatable bonds is 2. The largest absolute Gasteiger partial charge is 0.306 e. The lowest BCUT2D eigenvalue weighted by Gasteiger charge is -2.00. The number of nitriles is 1. The summed E-state index contributed by atoms with van der Waals surface area (Å²) in [7, 11) is 0. The third-order valence-electron chi connectivity index (χ3n) is 1.37. The second-order valence-corrected chi connectivity index (χ2v) is 3.57. The van der Waals surface area contributed by atoms with Gasteiger partial charge in [-0.25, -0.2) is 4.21 Å². The molecular formula is C7H5ClN2O2S. The third-order valence-corrected chi connectivity index (χ3v) is 2.21. The Kier molecular flexibility index (Phi) is 3.37. The average Bonchev–Trinajstić information content (AvgIpc) is 2.03. The molecule has 0 aliphatic carbocycles. The van der Waals surface area contributed by atoms with Crippen molar-refractivity contribution in [2.45, 2.75) is 5.75 Å². The Labute approximate surface area is 82.5 Å². The van der Waals surface area contributed by atoms with Gasteiger partial charge in [0.2, 0.25) is 0 Å². The topological polar surface area (TPSA) is 74.0 Å². The van der Waals surface area contributed by atoms with Crippen molar-refractivity contribution in [3.05, 3.63) is 28.5 Å². The molecule has 68 valence electrons.